The molecule has 0 aliphatic heterocycles. The van der Waals surface area contributed by atoms with E-state index in [1.807, 2.05) is 6.26 Å². The number of primary amides is 1. The fraction of sp³-hybridized carbons (Fsp3) is 0.588. The minimum absolute atomic E-state index is 0.00670. The first-order chi connectivity index (χ1) is 26.5. The molecule has 0 bridgehead atoms. The molecule has 20 nitrogen and oxygen atoms in total. The molecule has 0 fully saturated rings. The number of guanidine groups is 1. The number of thiol groups is 1. The third-order valence-electron chi connectivity index (χ3n) is 8.25. The first kappa shape index (κ1) is 49.2. The number of phenols is 1. The molecule has 0 aliphatic carbocycles. The number of amides is 6. The number of carboxylic acid groups (broad SMARTS) is 1. The Balaban J connectivity index is 3.38. The summed E-state index contributed by atoms with van der Waals surface area (Å²) in [6.45, 7) is 0.536. The zero-order valence-electron chi connectivity index (χ0n) is 31.4. The summed E-state index contributed by atoms with van der Waals surface area (Å²) in [4.78, 5) is 94.2. The Morgan fingerprint density at radius 3 is 1.82 bits per heavy atom. The van der Waals surface area contributed by atoms with Crippen LogP contribution in [-0.4, -0.2) is 125 Å². The number of aromatic hydroxyl groups is 1. The van der Waals surface area contributed by atoms with Gasteiger partial charge in [-0.1, -0.05) is 18.6 Å². The van der Waals surface area contributed by atoms with E-state index in [9.17, 15) is 43.8 Å². The third kappa shape index (κ3) is 19.7. The highest BCUT2D eigenvalue weighted by atomic mass is 32.2. The molecule has 1 aromatic rings. The number of carbonyl (C=O) groups is 7. The van der Waals surface area contributed by atoms with Gasteiger partial charge in [-0.15, -0.1) is 0 Å². The Bertz CT molecular complexity index is 1480. The number of carboxylic acids is 1. The Morgan fingerprint density at radius 2 is 1.27 bits per heavy atom. The van der Waals surface area contributed by atoms with Gasteiger partial charge < -0.3 is 65.5 Å². The number of nitrogens with one attached hydrogen (secondary N) is 5. The number of hydrogen-bond acceptors (Lipinski definition) is 13. The molecule has 1 aromatic carbocycles. The van der Waals surface area contributed by atoms with Crippen LogP contribution in [0.4, 0.5) is 0 Å². The summed E-state index contributed by atoms with van der Waals surface area (Å²) in [5, 5.41) is 32.0. The van der Waals surface area contributed by atoms with E-state index in [0.717, 1.165) is 0 Å². The number of unbranched alkanes of at least 4 members (excludes halogenated alkanes) is 1. The van der Waals surface area contributed by atoms with E-state index < -0.39 is 77.7 Å². The van der Waals surface area contributed by atoms with Gasteiger partial charge in [0.15, 0.2) is 5.96 Å². The SMILES string of the molecule is CSCC[C@H](NC(=O)[C@@H](N)CCCCN)C(=O)N[C@@H](CCCN=C(N)N)C(=O)N[C@@H](Cc1ccc(O)cc1)C(=O)N[C@@H](CS)C(=O)N[C@@H](CCC(N)=O)C(=O)O. The summed E-state index contributed by atoms with van der Waals surface area (Å²) in [5.41, 5.74) is 28.1. The number of hydrogen-bond donors (Lipinski definition) is 13. The van der Waals surface area contributed by atoms with E-state index in [4.69, 9.17) is 28.7 Å². The molecule has 22 heteroatoms. The number of thioether (sulfide) groups is 1. The fourth-order valence-corrected chi connectivity index (χ4v) is 5.83. The highest BCUT2D eigenvalue weighted by Crippen LogP contribution is 2.13. The van der Waals surface area contributed by atoms with Gasteiger partial charge in [-0.2, -0.15) is 24.4 Å². The highest BCUT2D eigenvalue weighted by molar-refractivity contribution is 7.98. The predicted octanol–water partition coefficient (Wildman–Crippen LogP) is -3.10. The quantitative estimate of drug-likeness (QED) is 0.0172. The second-order valence-electron chi connectivity index (χ2n) is 12.8. The molecule has 0 unspecified atom stereocenters. The molecule has 6 amide bonds. The topological polar surface area (TPSA) is 363 Å². The number of rotatable bonds is 28. The van der Waals surface area contributed by atoms with Crippen LogP contribution in [0.25, 0.3) is 0 Å². The second kappa shape index (κ2) is 26.9. The van der Waals surface area contributed by atoms with Crippen LogP contribution in [-0.2, 0) is 40.0 Å². The molecule has 0 saturated carbocycles. The van der Waals surface area contributed by atoms with Crippen LogP contribution in [0.5, 0.6) is 5.75 Å². The summed E-state index contributed by atoms with van der Waals surface area (Å²) in [5.74, 6) is -6.10. The molecule has 0 spiro atoms. The first-order valence-corrected chi connectivity index (χ1v) is 20.0. The number of aliphatic carboxylic acids is 1. The molecule has 6 atom stereocenters. The Labute approximate surface area is 335 Å². The number of nitrogens with two attached hydrogens (primary N) is 5. The van der Waals surface area contributed by atoms with Crippen molar-refractivity contribution < 1.29 is 43.8 Å². The van der Waals surface area contributed by atoms with E-state index >= 15 is 0 Å². The summed E-state index contributed by atoms with van der Waals surface area (Å²) in [7, 11) is 0. The van der Waals surface area contributed by atoms with Gasteiger partial charge in [0.1, 0.15) is 36.0 Å². The third-order valence-corrected chi connectivity index (χ3v) is 9.26. The van der Waals surface area contributed by atoms with Gasteiger partial charge in [0, 0.05) is 25.1 Å². The largest absolute Gasteiger partial charge is 0.508 e. The number of carbonyl (C=O) groups excluding carboxylic acids is 6. The first-order valence-electron chi connectivity index (χ1n) is 17.9. The zero-order valence-corrected chi connectivity index (χ0v) is 33.1. The van der Waals surface area contributed by atoms with Crippen LogP contribution >= 0.6 is 24.4 Å². The van der Waals surface area contributed by atoms with E-state index in [2.05, 4.69) is 44.2 Å². The van der Waals surface area contributed by atoms with Crippen LogP contribution in [0.3, 0.4) is 0 Å². The predicted molar refractivity (Wildman–Crippen MR) is 215 cm³/mol. The van der Waals surface area contributed by atoms with Crippen molar-refractivity contribution in [2.24, 2.45) is 33.7 Å². The van der Waals surface area contributed by atoms with Crippen molar-refractivity contribution in [1.29, 1.82) is 0 Å². The number of nitrogens with zero attached hydrogens (tertiary/aromatic N) is 1. The van der Waals surface area contributed by atoms with E-state index in [1.54, 1.807) is 0 Å². The van der Waals surface area contributed by atoms with Crippen LogP contribution in [0, 0.1) is 0 Å². The molecule has 0 aromatic heterocycles. The van der Waals surface area contributed by atoms with E-state index in [0.29, 0.717) is 37.1 Å². The van der Waals surface area contributed by atoms with Crippen LogP contribution in [0.15, 0.2) is 29.3 Å². The monoisotopic (exact) mass is 827 g/mol. The number of aliphatic imine (C=N–C) groups is 1. The molecule has 0 heterocycles. The van der Waals surface area contributed by atoms with Crippen molar-refractivity contribution in [2.45, 2.75) is 94.0 Å². The van der Waals surface area contributed by atoms with Crippen molar-refractivity contribution in [3.05, 3.63) is 29.8 Å². The van der Waals surface area contributed by atoms with Gasteiger partial charge in [0.25, 0.3) is 0 Å². The maximum absolute atomic E-state index is 14.0. The van der Waals surface area contributed by atoms with Crippen molar-refractivity contribution in [2.75, 3.05) is 30.9 Å². The smallest absolute Gasteiger partial charge is 0.326 e. The maximum Gasteiger partial charge on any atom is 0.326 e. The van der Waals surface area contributed by atoms with Crippen molar-refractivity contribution >= 4 is 71.8 Å². The minimum atomic E-state index is -1.50. The van der Waals surface area contributed by atoms with Gasteiger partial charge in [-0.3, -0.25) is 33.8 Å². The summed E-state index contributed by atoms with van der Waals surface area (Å²) >= 11 is 5.58. The molecule has 0 aliphatic rings. The van der Waals surface area contributed by atoms with Gasteiger partial charge in [-0.05, 0) is 74.8 Å². The van der Waals surface area contributed by atoms with Crippen LogP contribution in [0.2, 0.25) is 0 Å². The molecular formula is C34H57N11O9S2. The average molecular weight is 828 g/mol. The van der Waals surface area contributed by atoms with E-state index in [-0.39, 0.29) is 62.5 Å². The highest BCUT2D eigenvalue weighted by Gasteiger charge is 2.32. The Hall–Kier alpha value is -4.80. The standard InChI is InChI=1S/C34H57N11O9S2/c1-56-16-13-23(41-28(48)21(36)5-2-3-14-35)30(50)42-22(6-4-15-40-34(38)39)29(49)44-25(17-19-7-9-20(46)10-8-19)31(51)45-26(18-55)32(52)43-24(33(53)54)11-12-27(37)47/h7-10,21-26,46,55H,2-6,11-18,35-36H2,1H3,(H2,37,47)(H,41,48)(H,42,50)(H,43,52)(H,44,49)(H,45,51)(H,53,54)(H4,38,39,40)/t21-,22-,23-,24-,25-,26-/m0/s1. The molecular weight excluding hydrogens is 771 g/mol. The lowest BCUT2D eigenvalue weighted by Gasteiger charge is -2.27. The normalized spacial score (nSPS) is 14.1. The van der Waals surface area contributed by atoms with E-state index in [1.165, 1.54) is 36.0 Å². The average Bonchev–Trinajstić information content (AvgIpc) is 3.14. The Morgan fingerprint density at radius 1 is 0.732 bits per heavy atom. The van der Waals surface area contributed by atoms with Gasteiger partial charge in [-0.25, -0.2) is 4.79 Å². The van der Waals surface area contributed by atoms with Gasteiger partial charge in [0.05, 0.1) is 6.04 Å². The van der Waals surface area contributed by atoms with Crippen LogP contribution < -0.4 is 55.3 Å². The maximum atomic E-state index is 14.0. The summed E-state index contributed by atoms with van der Waals surface area (Å²) in [6, 6.07) is -1.75. The van der Waals surface area contributed by atoms with Crippen molar-refractivity contribution in [3.63, 3.8) is 0 Å². The summed E-state index contributed by atoms with van der Waals surface area (Å²) in [6.07, 6.45) is 3.09. The molecule has 17 N–H and O–H groups in total. The van der Waals surface area contributed by atoms with Crippen LogP contribution in [0.1, 0.15) is 56.9 Å². The zero-order chi connectivity index (χ0) is 42.2. The second-order valence-corrected chi connectivity index (χ2v) is 14.2. The number of benzene rings is 1. The summed E-state index contributed by atoms with van der Waals surface area (Å²) < 4.78 is 0. The lowest BCUT2D eigenvalue weighted by Crippen LogP contribution is -2.60. The van der Waals surface area contributed by atoms with Crippen molar-refractivity contribution in [3.8, 4) is 5.75 Å². The fourth-order valence-electron chi connectivity index (χ4n) is 5.10. The van der Waals surface area contributed by atoms with Gasteiger partial charge >= 0.3 is 5.97 Å². The lowest BCUT2D eigenvalue weighted by atomic mass is 10.0. The number of phenolic OH excluding ortho intramolecular Hbond substituents is 1. The minimum Gasteiger partial charge on any atom is -0.508 e. The lowest BCUT2D eigenvalue weighted by molar-refractivity contribution is -0.142. The molecule has 0 radical (unpaired) electrons. The Kier molecular flexibility index (Phi) is 23.7. The molecule has 1 rings (SSSR count). The molecule has 56 heavy (non-hydrogen) atoms. The molecule has 0 saturated heterocycles. The van der Waals surface area contributed by atoms with Gasteiger partial charge in [0.2, 0.25) is 35.4 Å². The van der Waals surface area contributed by atoms with Crippen molar-refractivity contribution in [1.82, 2.24) is 26.6 Å². The molecule has 314 valence electrons.